The SMILES string of the molecule is CC[C@@H](NC(=O)CSc1ccc2c(c1)CCC2)C(=O)O. The van der Waals surface area contributed by atoms with Gasteiger partial charge in [-0.3, -0.25) is 4.79 Å². The minimum atomic E-state index is -0.983. The third-order valence-corrected chi connectivity index (χ3v) is 4.48. The van der Waals surface area contributed by atoms with Crippen molar-refractivity contribution in [2.45, 2.75) is 43.5 Å². The molecule has 0 unspecified atom stereocenters. The number of rotatable bonds is 6. The molecule has 1 aromatic rings. The summed E-state index contributed by atoms with van der Waals surface area (Å²) >= 11 is 1.45. The highest BCUT2D eigenvalue weighted by atomic mass is 32.2. The molecular formula is C15H19NO3S. The number of benzene rings is 1. The summed E-state index contributed by atoms with van der Waals surface area (Å²) in [6.07, 6.45) is 3.87. The summed E-state index contributed by atoms with van der Waals surface area (Å²) in [5.74, 6) is -0.962. The average molecular weight is 293 g/mol. The molecule has 1 amide bonds. The highest BCUT2D eigenvalue weighted by molar-refractivity contribution is 8.00. The van der Waals surface area contributed by atoms with Crippen LogP contribution in [-0.4, -0.2) is 28.8 Å². The third-order valence-electron chi connectivity index (χ3n) is 3.48. The summed E-state index contributed by atoms with van der Waals surface area (Å²) in [5, 5.41) is 11.4. The molecule has 0 saturated heterocycles. The van der Waals surface area contributed by atoms with Gasteiger partial charge in [0.2, 0.25) is 5.91 Å². The maximum absolute atomic E-state index is 11.7. The van der Waals surface area contributed by atoms with Crippen LogP contribution in [0.1, 0.15) is 30.9 Å². The van der Waals surface area contributed by atoms with Crippen LogP contribution in [0.3, 0.4) is 0 Å². The van der Waals surface area contributed by atoms with Crippen molar-refractivity contribution in [3.63, 3.8) is 0 Å². The summed E-state index contributed by atoms with van der Waals surface area (Å²) in [6, 6.07) is 5.53. The first-order valence-electron chi connectivity index (χ1n) is 6.87. The van der Waals surface area contributed by atoms with E-state index in [1.165, 1.54) is 29.3 Å². The summed E-state index contributed by atoms with van der Waals surface area (Å²) in [6.45, 7) is 1.74. The number of amides is 1. The summed E-state index contributed by atoms with van der Waals surface area (Å²) in [4.78, 5) is 23.6. The Labute approximate surface area is 123 Å². The number of aliphatic carboxylic acids is 1. The fourth-order valence-electron chi connectivity index (χ4n) is 2.36. The molecule has 0 aromatic heterocycles. The van der Waals surface area contributed by atoms with Gasteiger partial charge in [-0.25, -0.2) is 4.79 Å². The highest BCUT2D eigenvalue weighted by Gasteiger charge is 2.17. The number of carboxylic acid groups (broad SMARTS) is 1. The number of fused-ring (bicyclic) bond motifs is 1. The number of thioether (sulfide) groups is 1. The second-order valence-corrected chi connectivity index (χ2v) is 5.99. The van der Waals surface area contributed by atoms with E-state index in [1.54, 1.807) is 6.92 Å². The Bertz CT molecular complexity index is 516. The largest absolute Gasteiger partial charge is 0.480 e. The van der Waals surface area contributed by atoms with Gasteiger partial charge in [0.15, 0.2) is 0 Å². The van der Waals surface area contributed by atoms with E-state index in [2.05, 4.69) is 17.4 Å². The van der Waals surface area contributed by atoms with Crippen LogP contribution in [0.15, 0.2) is 23.1 Å². The van der Waals surface area contributed by atoms with Gasteiger partial charge in [-0.05, 0) is 48.9 Å². The molecule has 0 aliphatic heterocycles. The molecule has 108 valence electrons. The first-order valence-corrected chi connectivity index (χ1v) is 7.85. The van der Waals surface area contributed by atoms with Crippen molar-refractivity contribution < 1.29 is 14.7 Å². The van der Waals surface area contributed by atoms with Crippen LogP contribution in [0.5, 0.6) is 0 Å². The Kier molecular flexibility index (Phi) is 5.06. The second kappa shape index (κ2) is 6.79. The van der Waals surface area contributed by atoms with E-state index >= 15 is 0 Å². The lowest BCUT2D eigenvalue weighted by Crippen LogP contribution is -2.41. The van der Waals surface area contributed by atoms with Crippen LogP contribution in [0.2, 0.25) is 0 Å². The first kappa shape index (κ1) is 14.9. The smallest absolute Gasteiger partial charge is 0.326 e. The van der Waals surface area contributed by atoms with Crippen molar-refractivity contribution in [1.82, 2.24) is 5.32 Å². The molecule has 0 saturated carbocycles. The van der Waals surface area contributed by atoms with Crippen LogP contribution >= 0.6 is 11.8 Å². The molecule has 2 rings (SSSR count). The quantitative estimate of drug-likeness (QED) is 0.790. The number of carbonyl (C=O) groups excluding carboxylic acids is 1. The van der Waals surface area contributed by atoms with Crippen molar-refractivity contribution in [3.05, 3.63) is 29.3 Å². The van der Waals surface area contributed by atoms with E-state index in [4.69, 9.17) is 5.11 Å². The van der Waals surface area contributed by atoms with E-state index in [0.29, 0.717) is 6.42 Å². The minimum Gasteiger partial charge on any atom is -0.480 e. The van der Waals surface area contributed by atoms with E-state index < -0.39 is 12.0 Å². The molecule has 1 aliphatic rings. The van der Waals surface area contributed by atoms with Crippen molar-refractivity contribution in [2.24, 2.45) is 0 Å². The monoisotopic (exact) mass is 293 g/mol. The van der Waals surface area contributed by atoms with Crippen LogP contribution in [0.25, 0.3) is 0 Å². The van der Waals surface area contributed by atoms with E-state index in [9.17, 15) is 9.59 Å². The summed E-state index contributed by atoms with van der Waals surface area (Å²) < 4.78 is 0. The maximum atomic E-state index is 11.7. The van der Waals surface area contributed by atoms with Crippen molar-refractivity contribution in [2.75, 3.05) is 5.75 Å². The van der Waals surface area contributed by atoms with Crippen LogP contribution in [-0.2, 0) is 22.4 Å². The number of carbonyl (C=O) groups is 2. The van der Waals surface area contributed by atoms with E-state index in [1.807, 2.05) is 6.07 Å². The molecule has 20 heavy (non-hydrogen) atoms. The Hall–Kier alpha value is -1.49. The van der Waals surface area contributed by atoms with Gasteiger partial charge >= 0.3 is 5.97 Å². The molecule has 0 bridgehead atoms. The fraction of sp³-hybridized carbons (Fsp3) is 0.467. The summed E-state index contributed by atoms with van der Waals surface area (Å²) in [5.41, 5.74) is 2.79. The third kappa shape index (κ3) is 3.76. The number of nitrogens with one attached hydrogen (secondary N) is 1. The normalized spacial score (nSPS) is 14.7. The topological polar surface area (TPSA) is 66.4 Å². The van der Waals surface area contributed by atoms with Crippen LogP contribution in [0, 0.1) is 0 Å². The Morgan fingerprint density at radius 2 is 2.10 bits per heavy atom. The zero-order valence-corrected chi connectivity index (χ0v) is 12.3. The maximum Gasteiger partial charge on any atom is 0.326 e. The van der Waals surface area contributed by atoms with Gasteiger partial charge in [-0.1, -0.05) is 13.0 Å². The standard InChI is InChI=1S/C15H19NO3S/c1-2-13(15(18)19)16-14(17)9-20-12-7-6-10-4-3-5-11(10)8-12/h6-8,13H,2-5,9H2,1H3,(H,16,17)(H,18,19)/t13-/m1/s1. The molecule has 0 radical (unpaired) electrons. The lowest BCUT2D eigenvalue weighted by molar-refractivity contribution is -0.141. The van der Waals surface area contributed by atoms with E-state index in [-0.39, 0.29) is 11.7 Å². The van der Waals surface area contributed by atoms with Crippen LogP contribution < -0.4 is 5.32 Å². The van der Waals surface area contributed by atoms with Gasteiger partial charge in [0.05, 0.1) is 5.75 Å². The zero-order chi connectivity index (χ0) is 14.5. The van der Waals surface area contributed by atoms with Crippen LogP contribution in [0.4, 0.5) is 0 Å². The van der Waals surface area contributed by atoms with Crippen molar-refractivity contribution in [3.8, 4) is 0 Å². The van der Waals surface area contributed by atoms with Gasteiger partial charge < -0.3 is 10.4 Å². The van der Waals surface area contributed by atoms with Gasteiger partial charge in [0.25, 0.3) is 0 Å². The van der Waals surface area contributed by atoms with Gasteiger partial charge in [0.1, 0.15) is 6.04 Å². The van der Waals surface area contributed by atoms with Gasteiger partial charge in [0, 0.05) is 4.90 Å². The predicted molar refractivity (Wildman–Crippen MR) is 79.0 cm³/mol. The molecule has 2 N–H and O–H groups in total. The lowest BCUT2D eigenvalue weighted by Gasteiger charge is -2.12. The Morgan fingerprint density at radius 3 is 2.80 bits per heavy atom. The molecule has 0 heterocycles. The summed E-state index contributed by atoms with van der Waals surface area (Å²) in [7, 11) is 0. The fourth-order valence-corrected chi connectivity index (χ4v) is 3.13. The number of carboxylic acids is 1. The van der Waals surface area contributed by atoms with E-state index in [0.717, 1.165) is 17.7 Å². The molecule has 1 aliphatic carbocycles. The molecule has 1 atom stereocenters. The second-order valence-electron chi connectivity index (χ2n) is 4.94. The molecule has 0 fully saturated rings. The number of hydrogen-bond acceptors (Lipinski definition) is 3. The minimum absolute atomic E-state index is 0.232. The molecule has 1 aromatic carbocycles. The molecule has 4 nitrogen and oxygen atoms in total. The number of hydrogen-bond donors (Lipinski definition) is 2. The van der Waals surface area contributed by atoms with Gasteiger partial charge in [-0.15, -0.1) is 11.8 Å². The Morgan fingerprint density at radius 1 is 1.35 bits per heavy atom. The molecule has 5 heteroatoms. The van der Waals surface area contributed by atoms with Crippen molar-refractivity contribution >= 4 is 23.6 Å². The first-order chi connectivity index (χ1) is 9.60. The predicted octanol–water partition coefficient (Wildman–Crippen LogP) is 2.25. The number of aryl methyl sites for hydroxylation is 2. The molecular weight excluding hydrogens is 274 g/mol. The zero-order valence-electron chi connectivity index (χ0n) is 11.5. The average Bonchev–Trinajstić information content (AvgIpc) is 2.89. The Balaban J connectivity index is 1.85. The van der Waals surface area contributed by atoms with Gasteiger partial charge in [-0.2, -0.15) is 0 Å². The van der Waals surface area contributed by atoms with Crippen molar-refractivity contribution in [1.29, 1.82) is 0 Å². The highest BCUT2D eigenvalue weighted by Crippen LogP contribution is 2.27. The lowest BCUT2D eigenvalue weighted by atomic mass is 10.1. The molecule has 0 spiro atoms.